The first-order valence-electron chi connectivity index (χ1n) is 8.85. The van der Waals surface area contributed by atoms with Crippen molar-refractivity contribution in [2.75, 3.05) is 13.1 Å². The van der Waals surface area contributed by atoms with E-state index in [0.717, 1.165) is 48.6 Å². The van der Waals surface area contributed by atoms with Crippen LogP contribution in [0.3, 0.4) is 0 Å². The minimum atomic E-state index is 0.110. The molecule has 0 aliphatic carbocycles. The van der Waals surface area contributed by atoms with Gasteiger partial charge >= 0.3 is 0 Å². The first kappa shape index (κ1) is 16.4. The number of carbonyl (C=O) groups excluding carboxylic acids is 1. The normalized spacial score (nSPS) is 15.2. The number of hydrogen-bond donors (Lipinski definition) is 0. The van der Waals surface area contributed by atoms with Crippen LogP contribution in [0, 0.1) is 0 Å². The SMILES string of the molecule is Cn1cncc1-c1cncc(C2CCN(C(=O)c3ccccc3)CC2)n1. The van der Waals surface area contributed by atoms with Crippen molar-refractivity contribution in [2.45, 2.75) is 18.8 Å². The summed E-state index contributed by atoms with van der Waals surface area (Å²) >= 11 is 0. The predicted octanol–water partition coefficient (Wildman–Crippen LogP) is 2.90. The second-order valence-corrected chi connectivity index (χ2v) is 6.65. The zero-order valence-corrected chi connectivity index (χ0v) is 14.7. The van der Waals surface area contributed by atoms with Crippen LogP contribution in [0.2, 0.25) is 0 Å². The van der Waals surface area contributed by atoms with Gasteiger partial charge in [-0.1, -0.05) is 18.2 Å². The van der Waals surface area contributed by atoms with E-state index in [1.54, 1.807) is 18.7 Å². The number of aromatic nitrogens is 4. The van der Waals surface area contributed by atoms with Gasteiger partial charge in [0.1, 0.15) is 5.69 Å². The zero-order chi connectivity index (χ0) is 17.9. The Morgan fingerprint density at radius 1 is 1.04 bits per heavy atom. The molecule has 0 unspecified atom stereocenters. The smallest absolute Gasteiger partial charge is 0.253 e. The van der Waals surface area contributed by atoms with Gasteiger partial charge in [0.2, 0.25) is 0 Å². The molecule has 6 heteroatoms. The zero-order valence-electron chi connectivity index (χ0n) is 14.7. The maximum atomic E-state index is 12.6. The number of benzene rings is 1. The Hall–Kier alpha value is -3.02. The van der Waals surface area contributed by atoms with Crippen LogP contribution in [0.15, 0.2) is 55.2 Å². The molecule has 26 heavy (non-hydrogen) atoms. The number of rotatable bonds is 3. The van der Waals surface area contributed by atoms with Crippen molar-refractivity contribution in [3.63, 3.8) is 0 Å². The van der Waals surface area contributed by atoms with E-state index in [1.165, 1.54) is 0 Å². The summed E-state index contributed by atoms with van der Waals surface area (Å²) in [4.78, 5) is 27.8. The summed E-state index contributed by atoms with van der Waals surface area (Å²) in [6.07, 6.45) is 8.99. The summed E-state index contributed by atoms with van der Waals surface area (Å²) < 4.78 is 1.94. The molecular formula is C20H21N5O. The van der Waals surface area contributed by atoms with Gasteiger partial charge in [0.25, 0.3) is 5.91 Å². The molecule has 1 fully saturated rings. The summed E-state index contributed by atoms with van der Waals surface area (Å²) in [6.45, 7) is 1.49. The van der Waals surface area contributed by atoms with Gasteiger partial charge in [-0.25, -0.2) is 9.97 Å². The van der Waals surface area contributed by atoms with Crippen molar-refractivity contribution in [3.05, 3.63) is 66.5 Å². The standard InChI is InChI=1S/C20H21N5O/c1-24-14-22-13-19(24)18-12-21-11-17(23-18)15-7-9-25(10-8-15)20(26)16-5-3-2-4-6-16/h2-6,11-15H,7-10H2,1H3. The third-order valence-electron chi connectivity index (χ3n) is 4.95. The molecule has 0 atom stereocenters. The van der Waals surface area contributed by atoms with Gasteiger partial charge in [-0.05, 0) is 25.0 Å². The van der Waals surface area contributed by atoms with Crippen LogP contribution in [0.4, 0.5) is 0 Å². The van der Waals surface area contributed by atoms with Crippen LogP contribution in [-0.4, -0.2) is 43.4 Å². The third kappa shape index (κ3) is 3.22. The Labute approximate surface area is 152 Å². The molecule has 0 saturated carbocycles. The molecule has 1 amide bonds. The third-order valence-corrected chi connectivity index (χ3v) is 4.95. The van der Waals surface area contributed by atoms with Crippen LogP contribution < -0.4 is 0 Å². The lowest BCUT2D eigenvalue weighted by molar-refractivity contribution is 0.0712. The van der Waals surface area contributed by atoms with Gasteiger partial charge in [0.15, 0.2) is 0 Å². The Morgan fingerprint density at radius 2 is 1.81 bits per heavy atom. The second-order valence-electron chi connectivity index (χ2n) is 6.65. The highest BCUT2D eigenvalue weighted by atomic mass is 16.2. The molecule has 3 heterocycles. The monoisotopic (exact) mass is 347 g/mol. The van der Waals surface area contributed by atoms with Crippen molar-refractivity contribution < 1.29 is 4.79 Å². The molecule has 4 rings (SSSR count). The highest BCUT2D eigenvalue weighted by Gasteiger charge is 2.25. The number of nitrogens with zero attached hydrogens (tertiary/aromatic N) is 5. The average molecular weight is 347 g/mol. The number of amides is 1. The highest BCUT2D eigenvalue weighted by molar-refractivity contribution is 5.94. The fourth-order valence-corrected chi connectivity index (χ4v) is 3.45. The van der Waals surface area contributed by atoms with E-state index in [9.17, 15) is 4.79 Å². The van der Waals surface area contributed by atoms with Gasteiger partial charge < -0.3 is 9.47 Å². The summed E-state index contributed by atoms with van der Waals surface area (Å²) in [5.74, 6) is 0.439. The first-order valence-corrected chi connectivity index (χ1v) is 8.85. The van der Waals surface area contributed by atoms with Crippen LogP contribution in [0.1, 0.15) is 34.8 Å². The van der Waals surface area contributed by atoms with Crippen molar-refractivity contribution in [3.8, 4) is 11.4 Å². The topological polar surface area (TPSA) is 63.9 Å². The molecule has 0 bridgehead atoms. The molecule has 6 nitrogen and oxygen atoms in total. The molecule has 1 aliphatic heterocycles. The van der Waals surface area contributed by atoms with E-state index in [0.29, 0.717) is 5.92 Å². The van der Waals surface area contributed by atoms with Crippen LogP contribution in [-0.2, 0) is 7.05 Å². The van der Waals surface area contributed by atoms with Crippen LogP contribution in [0.5, 0.6) is 0 Å². The Kier molecular flexibility index (Phi) is 4.48. The molecule has 1 saturated heterocycles. The second kappa shape index (κ2) is 7.07. The van der Waals surface area contributed by atoms with E-state index in [4.69, 9.17) is 4.98 Å². The fourth-order valence-electron chi connectivity index (χ4n) is 3.45. The Morgan fingerprint density at radius 3 is 2.50 bits per heavy atom. The maximum absolute atomic E-state index is 12.6. The van der Waals surface area contributed by atoms with E-state index < -0.39 is 0 Å². The van der Waals surface area contributed by atoms with E-state index >= 15 is 0 Å². The van der Waals surface area contributed by atoms with Gasteiger partial charge in [-0.2, -0.15) is 0 Å². The number of imidazole rings is 1. The minimum Gasteiger partial charge on any atom is -0.339 e. The van der Waals surface area contributed by atoms with E-state index in [1.807, 2.05) is 53.0 Å². The Bertz CT molecular complexity index is 897. The lowest BCUT2D eigenvalue weighted by atomic mass is 9.93. The van der Waals surface area contributed by atoms with Crippen LogP contribution in [0.25, 0.3) is 11.4 Å². The summed E-state index contributed by atoms with van der Waals surface area (Å²) in [5, 5.41) is 0. The average Bonchev–Trinajstić information content (AvgIpc) is 3.14. The molecule has 1 aliphatic rings. The number of hydrogen-bond acceptors (Lipinski definition) is 4. The summed E-state index contributed by atoms with van der Waals surface area (Å²) in [5.41, 5.74) is 3.54. The molecule has 2 aromatic heterocycles. The van der Waals surface area contributed by atoms with E-state index in [-0.39, 0.29) is 5.91 Å². The van der Waals surface area contributed by atoms with Gasteiger partial charge in [-0.3, -0.25) is 9.78 Å². The van der Waals surface area contributed by atoms with E-state index in [2.05, 4.69) is 9.97 Å². The highest BCUT2D eigenvalue weighted by Crippen LogP contribution is 2.28. The number of carbonyl (C=O) groups is 1. The quantitative estimate of drug-likeness (QED) is 0.731. The minimum absolute atomic E-state index is 0.110. The molecule has 0 spiro atoms. The van der Waals surface area contributed by atoms with Crippen molar-refractivity contribution >= 4 is 5.91 Å². The number of piperidine rings is 1. The fraction of sp³-hybridized carbons (Fsp3) is 0.300. The molecule has 3 aromatic rings. The molecule has 1 aromatic carbocycles. The van der Waals surface area contributed by atoms with Gasteiger partial charge in [-0.15, -0.1) is 0 Å². The van der Waals surface area contributed by atoms with Crippen molar-refractivity contribution in [1.82, 2.24) is 24.4 Å². The van der Waals surface area contributed by atoms with Crippen molar-refractivity contribution in [2.24, 2.45) is 7.05 Å². The molecule has 0 radical (unpaired) electrons. The predicted molar refractivity (Wildman–Crippen MR) is 98.6 cm³/mol. The van der Waals surface area contributed by atoms with Crippen molar-refractivity contribution in [1.29, 1.82) is 0 Å². The maximum Gasteiger partial charge on any atom is 0.253 e. The van der Waals surface area contributed by atoms with Crippen LogP contribution >= 0.6 is 0 Å². The summed E-state index contributed by atoms with van der Waals surface area (Å²) in [6, 6.07) is 9.48. The number of aryl methyl sites for hydroxylation is 1. The molecule has 132 valence electrons. The molecular weight excluding hydrogens is 326 g/mol. The van der Waals surface area contributed by atoms with Gasteiger partial charge in [0.05, 0.1) is 30.1 Å². The first-order chi connectivity index (χ1) is 12.7. The lowest BCUT2D eigenvalue weighted by Crippen LogP contribution is -2.38. The van der Waals surface area contributed by atoms with Gasteiger partial charge in [0, 0.05) is 37.8 Å². The molecule has 0 N–H and O–H groups in total. The largest absolute Gasteiger partial charge is 0.339 e. The number of likely N-dealkylation sites (tertiary alicyclic amines) is 1. The lowest BCUT2D eigenvalue weighted by Gasteiger charge is -2.31. The summed E-state index contributed by atoms with van der Waals surface area (Å²) in [7, 11) is 1.95. The Balaban J connectivity index is 1.45.